The molecule has 0 fully saturated rings. The van der Waals surface area contributed by atoms with Crippen LogP contribution in [0.5, 0.6) is 0 Å². The van der Waals surface area contributed by atoms with Gasteiger partial charge in [0.1, 0.15) is 5.82 Å². The van der Waals surface area contributed by atoms with Gasteiger partial charge < -0.3 is 4.98 Å². The molecule has 0 atom stereocenters. The van der Waals surface area contributed by atoms with E-state index in [2.05, 4.69) is 29.2 Å². The van der Waals surface area contributed by atoms with Crippen LogP contribution in [0.3, 0.4) is 0 Å². The van der Waals surface area contributed by atoms with Crippen LogP contribution < -0.4 is 0 Å². The first-order chi connectivity index (χ1) is 14.1. The summed E-state index contributed by atoms with van der Waals surface area (Å²) in [5.74, 6) is -0.202. The molecule has 0 radical (unpaired) electrons. The molecule has 0 unspecified atom stereocenters. The van der Waals surface area contributed by atoms with Crippen molar-refractivity contribution >= 4 is 28.2 Å². The monoisotopic (exact) mass is 404 g/mol. The van der Waals surface area contributed by atoms with Gasteiger partial charge in [-0.3, -0.25) is 4.99 Å². The van der Waals surface area contributed by atoms with Crippen molar-refractivity contribution in [1.29, 1.82) is 0 Å². The molecule has 0 saturated carbocycles. The molecule has 0 saturated heterocycles. The van der Waals surface area contributed by atoms with E-state index < -0.39 is 0 Å². The molecular weight excluding hydrogens is 383 g/mol. The second-order valence-electron chi connectivity index (χ2n) is 7.22. The average molecular weight is 405 g/mol. The molecule has 0 amide bonds. The Bertz CT molecular complexity index is 1140. The average Bonchev–Trinajstić information content (AvgIpc) is 3.12. The minimum Gasteiger partial charge on any atom is -0.361 e. The zero-order valence-electron chi connectivity index (χ0n) is 16.3. The van der Waals surface area contributed by atoms with E-state index in [4.69, 9.17) is 16.6 Å². The number of rotatable bonds is 6. The van der Waals surface area contributed by atoms with E-state index in [1.54, 1.807) is 0 Å². The van der Waals surface area contributed by atoms with Gasteiger partial charge in [0.15, 0.2) is 0 Å². The summed E-state index contributed by atoms with van der Waals surface area (Å²) in [5, 5.41) is 1.91. The first-order valence-corrected chi connectivity index (χ1v) is 10.1. The lowest BCUT2D eigenvalue weighted by Crippen LogP contribution is -1.99. The fourth-order valence-corrected chi connectivity index (χ4v) is 3.67. The zero-order valence-corrected chi connectivity index (χ0v) is 17.0. The third kappa shape index (κ3) is 4.75. The van der Waals surface area contributed by atoms with Gasteiger partial charge in [0, 0.05) is 34.4 Å². The molecule has 0 spiro atoms. The van der Waals surface area contributed by atoms with Crippen LogP contribution in [-0.4, -0.2) is 17.2 Å². The largest absolute Gasteiger partial charge is 0.361 e. The van der Waals surface area contributed by atoms with Gasteiger partial charge in [-0.15, -0.1) is 0 Å². The smallest absolute Gasteiger partial charge is 0.123 e. The zero-order chi connectivity index (χ0) is 20.2. The van der Waals surface area contributed by atoms with E-state index in [0.717, 1.165) is 52.2 Å². The van der Waals surface area contributed by atoms with Gasteiger partial charge in [0.2, 0.25) is 0 Å². The maximum Gasteiger partial charge on any atom is 0.123 e. The van der Waals surface area contributed by atoms with Crippen molar-refractivity contribution in [3.63, 3.8) is 0 Å². The van der Waals surface area contributed by atoms with Crippen LogP contribution in [0.15, 0.2) is 77.9 Å². The minimum atomic E-state index is -0.202. The van der Waals surface area contributed by atoms with Gasteiger partial charge in [0.25, 0.3) is 0 Å². The molecule has 3 aromatic carbocycles. The molecule has 2 nitrogen and oxygen atoms in total. The Morgan fingerprint density at radius 2 is 1.66 bits per heavy atom. The summed E-state index contributed by atoms with van der Waals surface area (Å²) in [5.41, 5.74) is 6.77. The number of H-pyrrole nitrogens is 1. The van der Waals surface area contributed by atoms with Crippen LogP contribution in [0.4, 0.5) is 4.39 Å². The number of aromatic amines is 1. The molecule has 29 heavy (non-hydrogen) atoms. The molecule has 4 heteroatoms. The summed E-state index contributed by atoms with van der Waals surface area (Å²) in [6, 6.07) is 21.0. The summed E-state index contributed by atoms with van der Waals surface area (Å²) in [6.45, 7) is 2.77. The standard InChI is InChI=1S/C25H22ClFN2/c1-17(28-13-12-21-16-29-25-11-8-22(26)15-24(21)25)20-6-2-18(3-7-20)14-19-4-9-23(27)10-5-19/h2-11,15-16,29H,12-14H2,1H3. The van der Waals surface area contributed by atoms with E-state index in [0.29, 0.717) is 0 Å². The third-order valence-electron chi connectivity index (χ3n) is 5.15. The van der Waals surface area contributed by atoms with Crippen LogP contribution in [0.1, 0.15) is 29.2 Å². The highest BCUT2D eigenvalue weighted by Crippen LogP contribution is 2.22. The van der Waals surface area contributed by atoms with E-state index in [1.165, 1.54) is 23.3 Å². The lowest BCUT2D eigenvalue weighted by molar-refractivity contribution is 0.627. The normalized spacial score (nSPS) is 11.9. The van der Waals surface area contributed by atoms with Crippen LogP contribution in [-0.2, 0) is 12.8 Å². The molecule has 4 aromatic rings. The Hall–Kier alpha value is -2.91. The van der Waals surface area contributed by atoms with Crippen molar-refractivity contribution in [3.8, 4) is 0 Å². The van der Waals surface area contributed by atoms with Gasteiger partial charge >= 0.3 is 0 Å². The molecule has 4 rings (SSSR count). The molecule has 1 heterocycles. The summed E-state index contributed by atoms with van der Waals surface area (Å²) in [6.07, 6.45) is 3.69. The van der Waals surface area contributed by atoms with Gasteiger partial charge in [-0.1, -0.05) is 48.0 Å². The minimum absolute atomic E-state index is 0.202. The lowest BCUT2D eigenvalue weighted by Gasteiger charge is -2.05. The van der Waals surface area contributed by atoms with E-state index >= 15 is 0 Å². The fourth-order valence-electron chi connectivity index (χ4n) is 3.49. The Labute approximate surface area is 175 Å². The molecule has 0 aliphatic carbocycles. The van der Waals surface area contributed by atoms with E-state index in [1.807, 2.05) is 43.5 Å². The first-order valence-electron chi connectivity index (χ1n) is 9.69. The summed E-state index contributed by atoms with van der Waals surface area (Å²) >= 11 is 6.12. The van der Waals surface area contributed by atoms with Gasteiger partial charge in [0.05, 0.1) is 0 Å². The number of halogens is 2. The second-order valence-corrected chi connectivity index (χ2v) is 7.66. The molecule has 0 aliphatic heterocycles. The van der Waals surface area contributed by atoms with Gasteiger partial charge in [-0.25, -0.2) is 4.39 Å². The van der Waals surface area contributed by atoms with Crippen molar-refractivity contribution in [2.45, 2.75) is 19.8 Å². The highest BCUT2D eigenvalue weighted by atomic mass is 35.5. The number of aromatic nitrogens is 1. The highest BCUT2D eigenvalue weighted by Gasteiger charge is 2.05. The maximum absolute atomic E-state index is 13.0. The van der Waals surface area contributed by atoms with Crippen molar-refractivity contribution < 1.29 is 4.39 Å². The van der Waals surface area contributed by atoms with E-state index in [-0.39, 0.29) is 5.82 Å². The number of benzene rings is 3. The van der Waals surface area contributed by atoms with Gasteiger partial charge in [-0.2, -0.15) is 0 Å². The van der Waals surface area contributed by atoms with Crippen molar-refractivity contribution in [2.24, 2.45) is 4.99 Å². The molecule has 0 aliphatic rings. The number of fused-ring (bicyclic) bond motifs is 1. The molecule has 1 N–H and O–H groups in total. The van der Waals surface area contributed by atoms with Crippen molar-refractivity contribution in [2.75, 3.05) is 6.54 Å². The number of aliphatic imine (C=N–C) groups is 1. The Morgan fingerprint density at radius 1 is 0.966 bits per heavy atom. The predicted octanol–water partition coefficient (Wildman–Crippen LogP) is 6.60. The maximum atomic E-state index is 13.0. The molecule has 1 aromatic heterocycles. The van der Waals surface area contributed by atoms with Crippen LogP contribution in [0.25, 0.3) is 10.9 Å². The number of nitrogens with zero attached hydrogens (tertiary/aromatic N) is 1. The Kier molecular flexibility index (Phi) is 5.77. The van der Waals surface area contributed by atoms with Crippen molar-refractivity contribution in [3.05, 3.63) is 106 Å². The SMILES string of the molecule is CC(=NCCc1c[nH]c2ccc(Cl)cc12)c1ccc(Cc2ccc(F)cc2)cc1. The van der Waals surface area contributed by atoms with Crippen molar-refractivity contribution in [1.82, 2.24) is 4.98 Å². The van der Waals surface area contributed by atoms with Gasteiger partial charge in [-0.05, 0) is 72.4 Å². The summed E-state index contributed by atoms with van der Waals surface area (Å²) < 4.78 is 13.0. The van der Waals surface area contributed by atoms with Crippen LogP contribution in [0.2, 0.25) is 5.02 Å². The predicted molar refractivity (Wildman–Crippen MR) is 120 cm³/mol. The lowest BCUT2D eigenvalue weighted by atomic mass is 10.0. The first kappa shape index (κ1) is 19.4. The molecule has 146 valence electrons. The molecular formula is C25H22ClFN2. The summed E-state index contributed by atoms with van der Waals surface area (Å²) in [7, 11) is 0. The van der Waals surface area contributed by atoms with Crippen LogP contribution in [0, 0.1) is 5.82 Å². The third-order valence-corrected chi connectivity index (χ3v) is 5.39. The summed E-state index contributed by atoms with van der Waals surface area (Å²) in [4.78, 5) is 8.04. The topological polar surface area (TPSA) is 28.1 Å². The quantitative estimate of drug-likeness (QED) is 0.350. The Balaban J connectivity index is 1.39. The number of nitrogens with one attached hydrogen (secondary N) is 1. The number of hydrogen-bond donors (Lipinski definition) is 1. The van der Waals surface area contributed by atoms with Crippen LogP contribution >= 0.6 is 11.6 Å². The Morgan fingerprint density at radius 3 is 2.38 bits per heavy atom. The molecule has 0 bridgehead atoms. The second kappa shape index (κ2) is 8.62. The number of hydrogen-bond acceptors (Lipinski definition) is 1. The fraction of sp³-hybridized carbons (Fsp3) is 0.160. The highest BCUT2D eigenvalue weighted by molar-refractivity contribution is 6.31. The van der Waals surface area contributed by atoms with E-state index in [9.17, 15) is 4.39 Å².